The van der Waals surface area contributed by atoms with Gasteiger partial charge in [-0.2, -0.15) is 5.10 Å². The molecule has 0 bridgehead atoms. The molecule has 0 spiro atoms. The van der Waals surface area contributed by atoms with Crippen molar-refractivity contribution in [3.05, 3.63) is 72.4 Å². The Balaban J connectivity index is 1.40. The molecule has 0 unspecified atom stereocenters. The summed E-state index contributed by atoms with van der Waals surface area (Å²) in [5.41, 5.74) is 2.19. The number of pyridine rings is 1. The monoisotopic (exact) mass is 462 g/mol. The van der Waals surface area contributed by atoms with Crippen molar-refractivity contribution in [2.45, 2.75) is 0 Å². The highest BCUT2D eigenvalue weighted by atomic mass is 35.5. The van der Waals surface area contributed by atoms with Gasteiger partial charge in [-0.05, 0) is 36.4 Å². The first kappa shape index (κ1) is 20.9. The standard InChI is InChI=1S/C23H19ClN6O3/c1-31-9-10-32-20-4-2-3-18-22(20)23(27-13-25-18)29-15-5-6-19(17(24)11-15)33-16-7-8-30-21(12-16)26-14-28-30/h2-8,11-14H,9-10H2,1H3,(H,25,27,29). The molecule has 3 heterocycles. The van der Waals surface area contributed by atoms with Gasteiger partial charge >= 0.3 is 0 Å². The van der Waals surface area contributed by atoms with Crippen molar-refractivity contribution >= 4 is 39.7 Å². The van der Waals surface area contributed by atoms with E-state index in [0.717, 1.165) is 16.6 Å². The third-order valence-electron chi connectivity index (χ3n) is 4.84. The van der Waals surface area contributed by atoms with Crippen LogP contribution in [0.4, 0.5) is 11.5 Å². The molecule has 2 aromatic carbocycles. The third kappa shape index (κ3) is 4.50. The van der Waals surface area contributed by atoms with Gasteiger partial charge < -0.3 is 19.5 Å². The van der Waals surface area contributed by atoms with Gasteiger partial charge in [-0.3, -0.25) is 0 Å². The van der Waals surface area contributed by atoms with Crippen LogP contribution in [0.2, 0.25) is 5.02 Å². The summed E-state index contributed by atoms with van der Waals surface area (Å²) < 4.78 is 18.5. The normalized spacial score (nSPS) is 11.1. The molecule has 0 radical (unpaired) electrons. The van der Waals surface area contributed by atoms with E-state index in [2.05, 4.69) is 25.4 Å². The lowest BCUT2D eigenvalue weighted by molar-refractivity contribution is 0.147. The molecule has 0 aliphatic carbocycles. The van der Waals surface area contributed by atoms with E-state index in [4.69, 9.17) is 25.8 Å². The molecule has 0 fully saturated rings. The smallest absolute Gasteiger partial charge is 0.158 e. The first-order valence-corrected chi connectivity index (χ1v) is 10.5. The summed E-state index contributed by atoms with van der Waals surface area (Å²) in [6.07, 6.45) is 4.76. The van der Waals surface area contributed by atoms with Crippen molar-refractivity contribution < 1.29 is 14.2 Å². The zero-order chi connectivity index (χ0) is 22.6. The molecular formula is C23H19ClN6O3. The number of halogens is 1. The van der Waals surface area contributed by atoms with Crippen molar-refractivity contribution in [2.75, 3.05) is 25.6 Å². The zero-order valence-electron chi connectivity index (χ0n) is 17.6. The number of benzene rings is 2. The predicted molar refractivity (Wildman–Crippen MR) is 125 cm³/mol. The molecule has 1 N–H and O–H groups in total. The summed E-state index contributed by atoms with van der Waals surface area (Å²) in [7, 11) is 1.63. The van der Waals surface area contributed by atoms with Crippen molar-refractivity contribution in [1.29, 1.82) is 0 Å². The highest BCUT2D eigenvalue weighted by Gasteiger charge is 2.12. The van der Waals surface area contributed by atoms with E-state index in [-0.39, 0.29) is 0 Å². The first-order chi connectivity index (χ1) is 16.2. The van der Waals surface area contributed by atoms with Gasteiger partial charge in [-0.15, -0.1) is 0 Å². The molecule has 0 atom stereocenters. The molecule has 5 aromatic rings. The lowest BCUT2D eigenvalue weighted by atomic mass is 10.2. The van der Waals surface area contributed by atoms with Crippen LogP contribution in [0.15, 0.2) is 67.4 Å². The largest absolute Gasteiger partial charge is 0.490 e. The van der Waals surface area contributed by atoms with Crippen LogP contribution in [-0.4, -0.2) is 44.9 Å². The Labute approximate surface area is 193 Å². The number of hydrogen-bond acceptors (Lipinski definition) is 8. The van der Waals surface area contributed by atoms with Crippen molar-refractivity contribution in [3.8, 4) is 17.2 Å². The van der Waals surface area contributed by atoms with Crippen LogP contribution in [0.5, 0.6) is 17.2 Å². The Kier molecular flexibility index (Phi) is 5.88. The van der Waals surface area contributed by atoms with Gasteiger partial charge in [-0.25, -0.2) is 19.5 Å². The summed E-state index contributed by atoms with van der Waals surface area (Å²) in [5.74, 6) is 2.40. The maximum Gasteiger partial charge on any atom is 0.158 e. The second-order valence-corrected chi connectivity index (χ2v) is 7.42. The van der Waals surface area contributed by atoms with Crippen LogP contribution >= 0.6 is 11.6 Å². The number of methoxy groups -OCH3 is 1. The average molecular weight is 463 g/mol. The Bertz CT molecular complexity index is 1420. The van der Waals surface area contributed by atoms with E-state index >= 15 is 0 Å². The van der Waals surface area contributed by atoms with E-state index in [1.54, 1.807) is 42.1 Å². The molecule has 0 aliphatic heterocycles. The lowest BCUT2D eigenvalue weighted by Gasteiger charge is -2.14. The van der Waals surface area contributed by atoms with Gasteiger partial charge in [0.15, 0.2) is 5.65 Å². The molecule has 0 saturated heterocycles. The summed E-state index contributed by atoms with van der Waals surface area (Å²) >= 11 is 6.51. The molecule has 3 aromatic heterocycles. The van der Waals surface area contributed by atoms with Crippen LogP contribution in [-0.2, 0) is 4.74 Å². The van der Waals surface area contributed by atoms with Gasteiger partial charge in [0.1, 0.15) is 42.3 Å². The molecular weight excluding hydrogens is 444 g/mol. The number of ether oxygens (including phenoxy) is 3. The topological polar surface area (TPSA) is 95.7 Å². The molecule has 33 heavy (non-hydrogen) atoms. The Morgan fingerprint density at radius 1 is 0.970 bits per heavy atom. The minimum absolute atomic E-state index is 0.419. The number of anilines is 2. The maximum atomic E-state index is 6.51. The SMILES string of the molecule is COCCOc1cccc2ncnc(Nc3ccc(Oc4ccn5ncnc5c4)c(Cl)c3)c12. The number of fused-ring (bicyclic) bond motifs is 2. The summed E-state index contributed by atoms with van der Waals surface area (Å²) in [5, 5.41) is 8.59. The van der Waals surface area contributed by atoms with E-state index in [0.29, 0.717) is 46.9 Å². The quantitative estimate of drug-likeness (QED) is 0.326. The predicted octanol–water partition coefficient (Wildman–Crippen LogP) is 4.89. The zero-order valence-corrected chi connectivity index (χ0v) is 18.4. The number of nitrogens with zero attached hydrogens (tertiary/aromatic N) is 5. The van der Waals surface area contributed by atoms with Crippen LogP contribution in [0, 0.1) is 0 Å². The molecule has 0 amide bonds. The number of aromatic nitrogens is 5. The Hall–Kier alpha value is -3.95. The number of hydrogen-bond donors (Lipinski definition) is 1. The minimum Gasteiger partial charge on any atom is -0.490 e. The first-order valence-electron chi connectivity index (χ1n) is 10.1. The fourth-order valence-corrected chi connectivity index (χ4v) is 3.53. The van der Waals surface area contributed by atoms with Gasteiger partial charge in [0.2, 0.25) is 0 Å². The van der Waals surface area contributed by atoms with E-state index in [1.165, 1.54) is 12.7 Å². The molecule has 9 nitrogen and oxygen atoms in total. The summed E-state index contributed by atoms with van der Waals surface area (Å²) in [6, 6.07) is 14.7. The summed E-state index contributed by atoms with van der Waals surface area (Å²) in [4.78, 5) is 12.9. The molecule has 5 rings (SSSR count). The fraction of sp³-hybridized carbons (Fsp3) is 0.130. The third-order valence-corrected chi connectivity index (χ3v) is 5.14. The highest BCUT2D eigenvalue weighted by Crippen LogP contribution is 2.35. The Morgan fingerprint density at radius 2 is 1.91 bits per heavy atom. The lowest BCUT2D eigenvalue weighted by Crippen LogP contribution is -2.05. The molecule has 166 valence electrons. The van der Waals surface area contributed by atoms with Crippen LogP contribution in [0.1, 0.15) is 0 Å². The maximum absolute atomic E-state index is 6.51. The number of rotatable bonds is 8. The minimum atomic E-state index is 0.419. The van der Waals surface area contributed by atoms with Crippen molar-refractivity contribution in [3.63, 3.8) is 0 Å². The highest BCUT2D eigenvalue weighted by molar-refractivity contribution is 6.32. The Morgan fingerprint density at radius 3 is 2.79 bits per heavy atom. The van der Waals surface area contributed by atoms with Crippen LogP contribution in [0.3, 0.4) is 0 Å². The average Bonchev–Trinajstić information content (AvgIpc) is 3.29. The van der Waals surface area contributed by atoms with Crippen molar-refractivity contribution in [1.82, 2.24) is 24.6 Å². The fourth-order valence-electron chi connectivity index (χ4n) is 3.31. The summed E-state index contributed by atoms with van der Waals surface area (Å²) in [6.45, 7) is 0.899. The van der Waals surface area contributed by atoms with E-state index in [9.17, 15) is 0 Å². The van der Waals surface area contributed by atoms with Gasteiger partial charge in [0, 0.05) is 25.1 Å². The van der Waals surface area contributed by atoms with Gasteiger partial charge in [0.25, 0.3) is 0 Å². The van der Waals surface area contributed by atoms with E-state index < -0.39 is 0 Å². The second-order valence-electron chi connectivity index (χ2n) is 7.01. The molecule has 0 aliphatic rings. The van der Waals surface area contributed by atoms with Gasteiger partial charge in [0.05, 0.1) is 22.5 Å². The van der Waals surface area contributed by atoms with E-state index in [1.807, 2.05) is 24.3 Å². The van der Waals surface area contributed by atoms with Crippen LogP contribution < -0.4 is 14.8 Å². The second kappa shape index (κ2) is 9.27. The number of nitrogens with one attached hydrogen (secondary N) is 1. The molecule has 0 saturated carbocycles. The van der Waals surface area contributed by atoms with Crippen LogP contribution in [0.25, 0.3) is 16.6 Å². The van der Waals surface area contributed by atoms with Gasteiger partial charge in [-0.1, -0.05) is 17.7 Å². The van der Waals surface area contributed by atoms with Crippen molar-refractivity contribution in [2.24, 2.45) is 0 Å². The molecule has 10 heteroatoms.